The number of thioether (sulfide) groups is 1. The van der Waals surface area contributed by atoms with Gasteiger partial charge in [-0.2, -0.15) is 0 Å². The van der Waals surface area contributed by atoms with Gasteiger partial charge < -0.3 is 0 Å². The van der Waals surface area contributed by atoms with Gasteiger partial charge in [0.15, 0.2) is 0 Å². The molecule has 2 nitrogen and oxygen atoms in total. The summed E-state index contributed by atoms with van der Waals surface area (Å²) in [6.07, 6.45) is 7.14. The van der Waals surface area contributed by atoms with E-state index >= 15 is 0 Å². The lowest BCUT2D eigenvalue weighted by Crippen LogP contribution is -2.34. The van der Waals surface area contributed by atoms with Gasteiger partial charge in [0.1, 0.15) is 5.03 Å². The van der Waals surface area contributed by atoms with E-state index in [9.17, 15) is 0 Å². The molecule has 1 saturated heterocycles. The molecule has 1 aliphatic heterocycles. The lowest BCUT2D eigenvalue weighted by molar-refractivity contribution is 0.146. The molecule has 1 fully saturated rings. The molecule has 0 radical (unpaired) electrons. The first-order valence-corrected chi connectivity index (χ1v) is 8.71. The first-order chi connectivity index (χ1) is 9.51. The van der Waals surface area contributed by atoms with Gasteiger partial charge in [-0.15, -0.1) is 11.8 Å². The summed E-state index contributed by atoms with van der Waals surface area (Å²) in [6, 6.07) is 4.96. The number of piperidine rings is 1. The molecule has 112 valence electrons. The van der Waals surface area contributed by atoms with E-state index in [-0.39, 0.29) is 4.75 Å². The largest absolute Gasteiger partial charge is 0.296 e. The fraction of sp³-hybridized carbons (Fsp3) is 0.706. The van der Waals surface area contributed by atoms with E-state index in [0.717, 1.165) is 0 Å². The second kappa shape index (κ2) is 6.95. The van der Waals surface area contributed by atoms with Gasteiger partial charge in [0.25, 0.3) is 0 Å². The maximum absolute atomic E-state index is 4.67. The van der Waals surface area contributed by atoms with Crippen molar-refractivity contribution >= 4 is 11.8 Å². The molecule has 0 saturated carbocycles. The van der Waals surface area contributed by atoms with E-state index in [2.05, 4.69) is 49.7 Å². The van der Waals surface area contributed by atoms with Crippen molar-refractivity contribution in [2.24, 2.45) is 0 Å². The van der Waals surface area contributed by atoms with Crippen LogP contribution in [0.2, 0.25) is 0 Å². The Morgan fingerprint density at radius 3 is 2.85 bits per heavy atom. The smallest absolute Gasteiger partial charge is 0.101 e. The van der Waals surface area contributed by atoms with Crippen LogP contribution in [0.1, 0.15) is 65.0 Å². The molecule has 0 N–H and O–H groups in total. The van der Waals surface area contributed by atoms with Gasteiger partial charge in [0.05, 0.1) is 0 Å². The average molecular weight is 292 g/mol. The highest BCUT2D eigenvalue weighted by molar-refractivity contribution is 8.00. The van der Waals surface area contributed by atoms with Crippen LogP contribution in [0.4, 0.5) is 0 Å². The molecule has 1 aromatic rings. The second-order valence-corrected chi connectivity index (χ2v) is 8.48. The molecule has 0 aromatic carbocycles. The van der Waals surface area contributed by atoms with Gasteiger partial charge in [-0.1, -0.05) is 40.2 Å². The molecule has 0 aliphatic carbocycles. The highest BCUT2D eigenvalue weighted by Crippen LogP contribution is 2.39. The number of rotatable bonds is 4. The summed E-state index contributed by atoms with van der Waals surface area (Å²) >= 11 is 1.90. The van der Waals surface area contributed by atoms with Gasteiger partial charge in [0.2, 0.25) is 0 Å². The zero-order chi connectivity index (χ0) is 14.6. The molecule has 20 heavy (non-hydrogen) atoms. The molecule has 2 rings (SSSR count). The van der Waals surface area contributed by atoms with E-state index < -0.39 is 0 Å². The predicted molar refractivity (Wildman–Crippen MR) is 88.3 cm³/mol. The second-order valence-electron chi connectivity index (χ2n) is 6.66. The summed E-state index contributed by atoms with van der Waals surface area (Å²) < 4.78 is 0.216. The summed E-state index contributed by atoms with van der Waals surface area (Å²) in [7, 11) is 0. The molecule has 1 atom stereocenters. The number of likely N-dealkylation sites (tertiary alicyclic amines) is 1. The molecule has 0 bridgehead atoms. The number of nitrogens with zero attached hydrogens (tertiary/aromatic N) is 2. The Hall–Kier alpha value is -0.540. The lowest BCUT2D eigenvalue weighted by atomic mass is 9.96. The predicted octanol–water partition coefficient (Wildman–Crippen LogP) is 4.91. The van der Waals surface area contributed by atoms with Crippen molar-refractivity contribution in [3.05, 3.63) is 23.9 Å². The Balaban J connectivity index is 2.25. The highest BCUT2D eigenvalue weighted by Gasteiger charge is 2.27. The van der Waals surface area contributed by atoms with Gasteiger partial charge >= 0.3 is 0 Å². The summed E-state index contributed by atoms with van der Waals surface area (Å²) in [5.41, 5.74) is 1.44. The highest BCUT2D eigenvalue weighted by atomic mass is 32.2. The summed E-state index contributed by atoms with van der Waals surface area (Å²) in [5, 5.41) is 1.23. The first-order valence-electron chi connectivity index (χ1n) is 7.89. The number of hydrogen-bond acceptors (Lipinski definition) is 3. The van der Waals surface area contributed by atoms with E-state index in [4.69, 9.17) is 0 Å². The summed E-state index contributed by atoms with van der Waals surface area (Å²) in [5.74, 6) is 0. The van der Waals surface area contributed by atoms with Crippen molar-refractivity contribution in [1.82, 2.24) is 9.88 Å². The molecular weight excluding hydrogens is 264 g/mol. The van der Waals surface area contributed by atoms with Gasteiger partial charge in [-0.25, -0.2) is 4.98 Å². The fourth-order valence-electron chi connectivity index (χ4n) is 2.93. The monoisotopic (exact) mass is 292 g/mol. The van der Waals surface area contributed by atoms with Crippen LogP contribution in [0.25, 0.3) is 0 Å². The van der Waals surface area contributed by atoms with E-state index in [1.807, 2.05) is 18.0 Å². The Labute approximate surface area is 128 Å². The Morgan fingerprint density at radius 1 is 1.35 bits per heavy atom. The van der Waals surface area contributed by atoms with E-state index in [1.54, 1.807) is 0 Å². The van der Waals surface area contributed by atoms with Crippen molar-refractivity contribution < 1.29 is 0 Å². The van der Waals surface area contributed by atoms with Crippen LogP contribution in [-0.2, 0) is 0 Å². The summed E-state index contributed by atoms with van der Waals surface area (Å²) in [4.78, 5) is 7.33. The zero-order valence-corrected chi connectivity index (χ0v) is 14.2. The molecular formula is C17H28N2S. The zero-order valence-electron chi connectivity index (χ0n) is 13.4. The normalized spacial score (nSPS) is 21.1. The van der Waals surface area contributed by atoms with Crippen molar-refractivity contribution in [3.63, 3.8) is 0 Å². The quantitative estimate of drug-likeness (QED) is 0.734. The Kier molecular flexibility index (Phi) is 5.50. The topological polar surface area (TPSA) is 16.1 Å². The Bertz CT molecular complexity index is 423. The van der Waals surface area contributed by atoms with Gasteiger partial charge in [-0.3, -0.25) is 4.90 Å². The van der Waals surface area contributed by atoms with E-state index in [0.29, 0.717) is 6.04 Å². The third kappa shape index (κ3) is 4.23. The van der Waals surface area contributed by atoms with Crippen LogP contribution >= 0.6 is 11.8 Å². The van der Waals surface area contributed by atoms with Crippen LogP contribution in [-0.4, -0.2) is 27.7 Å². The molecule has 0 amide bonds. The van der Waals surface area contributed by atoms with Crippen LogP contribution in [0, 0.1) is 0 Å². The van der Waals surface area contributed by atoms with Crippen molar-refractivity contribution in [3.8, 4) is 0 Å². The third-order valence-electron chi connectivity index (χ3n) is 3.69. The Morgan fingerprint density at radius 2 is 2.15 bits per heavy atom. The third-order valence-corrected chi connectivity index (χ3v) is 4.83. The average Bonchev–Trinajstić information content (AvgIpc) is 2.39. The first kappa shape index (κ1) is 15.8. The molecule has 0 unspecified atom stereocenters. The summed E-state index contributed by atoms with van der Waals surface area (Å²) in [6.45, 7) is 11.5. The van der Waals surface area contributed by atoms with E-state index in [1.165, 1.54) is 49.4 Å². The van der Waals surface area contributed by atoms with Crippen molar-refractivity contribution in [2.45, 2.75) is 69.2 Å². The van der Waals surface area contributed by atoms with Crippen molar-refractivity contribution in [1.29, 1.82) is 0 Å². The standard InChI is InChI=1S/C17H28N2S/c1-5-12-19-13-7-6-10-15(19)14-9-8-11-18-16(14)20-17(2,3)4/h8-9,11,15H,5-7,10,12-13H2,1-4H3/t15-/m1/s1. The lowest BCUT2D eigenvalue weighted by Gasteiger charge is -2.36. The molecule has 3 heteroatoms. The molecule has 0 spiro atoms. The molecule has 1 aliphatic rings. The van der Waals surface area contributed by atoms with Crippen LogP contribution < -0.4 is 0 Å². The SMILES string of the molecule is CCCN1CCCC[C@@H]1c1cccnc1SC(C)(C)C. The molecule has 2 heterocycles. The van der Waals surface area contributed by atoms with Crippen LogP contribution in [0.3, 0.4) is 0 Å². The number of hydrogen-bond donors (Lipinski definition) is 0. The minimum absolute atomic E-state index is 0.216. The van der Waals surface area contributed by atoms with Gasteiger partial charge in [-0.05, 0) is 38.4 Å². The van der Waals surface area contributed by atoms with Crippen LogP contribution in [0.5, 0.6) is 0 Å². The fourth-order valence-corrected chi connectivity index (χ4v) is 3.95. The van der Waals surface area contributed by atoms with Crippen LogP contribution in [0.15, 0.2) is 23.4 Å². The van der Waals surface area contributed by atoms with Gasteiger partial charge in [0, 0.05) is 22.5 Å². The minimum atomic E-state index is 0.216. The van der Waals surface area contributed by atoms with Crippen molar-refractivity contribution in [2.75, 3.05) is 13.1 Å². The number of pyridine rings is 1. The molecule has 1 aromatic heterocycles. The number of aromatic nitrogens is 1. The maximum atomic E-state index is 4.67. The minimum Gasteiger partial charge on any atom is -0.296 e. The maximum Gasteiger partial charge on any atom is 0.101 e.